The van der Waals surface area contributed by atoms with Crippen LogP contribution in [0.2, 0.25) is 0 Å². The van der Waals surface area contributed by atoms with Crippen LogP contribution in [0, 0.1) is 5.82 Å². The average Bonchev–Trinajstić information content (AvgIpc) is 3.51. The molecule has 0 atom stereocenters. The maximum atomic E-state index is 14.3. The first-order valence-corrected chi connectivity index (χ1v) is 9.83. The van der Waals surface area contributed by atoms with Crippen LogP contribution in [-0.4, -0.2) is 5.97 Å². The Kier molecular flexibility index (Phi) is 6.15. The van der Waals surface area contributed by atoms with Crippen molar-refractivity contribution in [3.8, 4) is 11.5 Å². The molecule has 0 unspecified atom stereocenters. The van der Waals surface area contributed by atoms with Gasteiger partial charge in [0, 0.05) is 18.1 Å². The maximum Gasteiger partial charge on any atom is 0.310 e. The zero-order valence-corrected chi connectivity index (χ0v) is 16.3. The van der Waals surface area contributed by atoms with Gasteiger partial charge in [-0.05, 0) is 60.4 Å². The summed E-state index contributed by atoms with van der Waals surface area (Å²) < 4.78 is 25.9. The third kappa shape index (κ3) is 4.49. The van der Waals surface area contributed by atoms with E-state index in [1.54, 1.807) is 13.0 Å². The maximum absolute atomic E-state index is 14.3. The molecule has 1 aliphatic carbocycles. The first-order chi connectivity index (χ1) is 13.1. The number of hydrogen-bond acceptors (Lipinski definition) is 3. The van der Waals surface area contributed by atoms with Gasteiger partial charge in [0.1, 0.15) is 23.9 Å². The Hall–Kier alpha value is -2.36. The lowest BCUT2D eigenvalue weighted by Crippen LogP contribution is -2.10. The van der Waals surface area contributed by atoms with Crippen molar-refractivity contribution < 1.29 is 18.7 Å². The number of carbonyl (C=O) groups is 1. The van der Waals surface area contributed by atoms with Crippen LogP contribution >= 0.6 is 0 Å². The highest BCUT2D eigenvalue weighted by atomic mass is 19.1. The Morgan fingerprint density at radius 3 is 2.44 bits per heavy atom. The standard InChI is InChI=1S/C23H27FO3/c1-4-15-8-7-9-21(27-23(25)6-3)19(15)14-26-22-13-20(24)16(5-2)12-18(22)17-10-11-17/h7-9,12-13,17H,4-6,10-11,14H2,1-3H3. The number of carbonyl (C=O) groups excluding carboxylic acids is 1. The van der Waals surface area contributed by atoms with Gasteiger partial charge in [-0.2, -0.15) is 0 Å². The first kappa shape index (κ1) is 19.4. The number of ether oxygens (including phenoxy) is 2. The summed E-state index contributed by atoms with van der Waals surface area (Å²) in [6.45, 7) is 6.03. The third-order valence-corrected chi connectivity index (χ3v) is 5.07. The fourth-order valence-corrected chi connectivity index (χ4v) is 3.27. The molecule has 3 nitrogen and oxygen atoms in total. The van der Waals surface area contributed by atoms with Gasteiger partial charge in [-0.25, -0.2) is 4.39 Å². The van der Waals surface area contributed by atoms with Crippen LogP contribution in [0.3, 0.4) is 0 Å². The molecule has 1 fully saturated rings. The van der Waals surface area contributed by atoms with E-state index in [2.05, 4.69) is 6.92 Å². The number of aryl methyl sites for hydroxylation is 2. The summed E-state index contributed by atoms with van der Waals surface area (Å²) in [5.74, 6) is 1.09. The van der Waals surface area contributed by atoms with Gasteiger partial charge in [-0.15, -0.1) is 0 Å². The van der Waals surface area contributed by atoms with E-state index >= 15 is 0 Å². The Bertz CT molecular complexity index is 825. The van der Waals surface area contributed by atoms with Gasteiger partial charge in [-0.3, -0.25) is 4.79 Å². The van der Waals surface area contributed by atoms with Gasteiger partial charge < -0.3 is 9.47 Å². The van der Waals surface area contributed by atoms with Gasteiger partial charge in [0.2, 0.25) is 0 Å². The molecule has 0 saturated heterocycles. The van der Waals surface area contributed by atoms with Gasteiger partial charge in [0.25, 0.3) is 0 Å². The summed E-state index contributed by atoms with van der Waals surface area (Å²) >= 11 is 0. The SMILES string of the molecule is CCC(=O)Oc1cccc(CC)c1COc1cc(F)c(CC)cc1C1CC1. The lowest BCUT2D eigenvalue weighted by Gasteiger charge is -2.17. The van der Waals surface area contributed by atoms with Crippen LogP contribution in [0.15, 0.2) is 30.3 Å². The number of hydrogen-bond donors (Lipinski definition) is 0. The van der Waals surface area contributed by atoms with Crippen molar-refractivity contribution in [1.82, 2.24) is 0 Å². The van der Waals surface area contributed by atoms with Crippen molar-refractivity contribution >= 4 is 5.97 Å². The summed E-state index contributed by atoms with van der Waals surface area (Å²) in [5.41, 5.74) is 3.74. The molecule has 27 heavy (non-hydrogen) atoms. The lowest BCUT2D eigenvalue weighted by atomic mass is 10.0. The zero-order chi connectivity index (χ0) is 19.4. The quantitative estimate of drug-likeness (QED) is 0.440. The molecular weight excluding hydrogens is 343 g/mol. The highest BCUT2D eigenvalue weighted by Crippen LogP contribution is 2.45. The van der Waals surface area contributed by atoms with E-state index in [1.807, 2.05) is 25.1 Å². The smallest absolute Gasteiger partial charge is 0.310 e. The average molecular weight is 370 g/mol. The number of rotatable bonds is 8. The second kappa shape index (κ2) is 8.55. The van der Waals surface area contributed by atoms with Crippen LogP contribution < -0.4 is 9.47 Å². The molecule has 1 saturated carbocycles. The van der Waals surface area contributed by atoms with Crippen molar-refractivity contribution in [3.05, 3.63) is 58.4 Å². The van der Waals surface area contributed by atoms with Gasteiger partial charge >= 0.3 is 5.97 Å². The molecule has 4 heteroatoms. The Morgan fingerprint density at radius 2 is 1.81 bits per heavy atom. The molecular formula is C23H27FO3. The zero-order valence-electron chi connectivity index (χ0n) is 16.3. The first-order valence-electron chi connectivity index (χ1n) is 9.83. The molecule has 0 radical (unpaired) electrons. The third-order valence-electron chi connectivity index (χ3n) is 5.07. The summed E-state index contributed by atoms with van der Waals surface area (Å²) in [7, 11) is 0. The minimum Gasteiger partial charge on any atom is -0.488 e. The summed E-state index contributed by atoms with van der Waals surface area (Å²) in [6.07, 6.45) is 4.02. The van der Waals surface area contributed by atoms with Crippen molar-refractivity contribution in [1.29, 1.82) is 0 Å². The van der Waals surface area contributed by atoms with Crippen LogP contribution in [0.5, 0.6) is 11.5 Å². The minimum absolute atomic E-state index is 0.224. The van der Waals surface area contributed by atoms with Gasteiger partial charge in [0.05, 0.1) is 0 Å². The molecule has 0 bridgehead atoms. The molecule has 0 heterocycles. The van der Waals surface area contributed by atoms with Crippen LogP contribution in [0.25, 0.3) is 0 Å². The second-order valence-corrected chi connectivity index (χ2v) is 6.97. The molecule has 0 aliphatic heterocycles. The number of benzene rings is 2. The fourth-order valence-electron chi connectivity index (χ4n) is 3.27. The second-order valence-electron chi connectivity index (χ2n) is 6.97. The van der Waals surface area contributed by atoms with Gasteiger partial charge in [-0.1, -0.05) is 32.9 Å². The predicted octanol–water partition coefficient (Wildman–Crippen LogP) is 5.72. The van der Waals surface area contributed by atoms with E-state index in [0.717, 1.165) is 41.5 Å². The summed E-state index contributed by atoms with van der Waals surface area (Å²) in [6, 6.07) is 9.13. The summed E-state index contributed by atoms with van der Waals surface area (Å²) in [5, 5.41) is 0. The largest absolute Gasteiger partial charge is 0.488 e. The molecule has 0 N–H and O–H groups in total. The van der Waals surface area contributed by atoms with E-state index in [0.29, 0.717) is 30.3 Å². The fraction of sp³-hybridized carbons (Fsp3) is 0.435. The molecule has 1 aliphatic rings. The van der Waals surface area contributed by atoms with Gasteiger partial charge in [0.15, 0.2) is 0 Å². The normalized spacial score (nSPS) is 13.5. The monoisotopic (exact) mass is 370 g/mol. The van der Waals surface area contributed by atoms with Crippen molar-refractivity contribution in [2.24, 2.45) is 0 Å². The highest BCUT2D eigenvalue weighted by molar-refractivity contribution is 5.72. The molecule has 2 aromatic carbocycles. The molecule has 0 spiro atoms. The van der Waals surface area contributed by atoms with E-state index in [4.69, 9.17) is 9.47 Å². The predicted molar refractivity (Wildman–Crippen MR) is 104 cm³/mol. The van der Waals surface area contributed by atoms with E-state index in [1.165, 1.54) is 6.07 Å². The topological polar surface area (TPSA) is 35.5 Å². The Labute approximate surface area is 160 Å². The van der Waals surface area contributed by atoms with E-state index in [9.17, 15) is 9.18 Å². The lowest BCUT2D eigenvalue weighted by molar-refractivity contribution is -0.134. The molecule has 0 amide bonds. The van der Waals surface area contributed by atoms with E-state index in [-0.39, 0.29) is 18.4 Å². The molecule has 144 valence electrons. The summed E-state index contributed by atoms with van der Waals surface area (Å²) in [4.78, 5) is 11.8. The number of halogens is 1. The molecule has 3 rings (SSSR count). The van der Waals surface area contributed by atoms with Crippen molar-refractivity contribution in [2.75, 3.05) is 0 Å². The number of esters is 1. The minimum atomic E-state index is -0.276. The van der Waals surface area contributed by atoms with Crippen molar-refractivity contribution in [3.63, 3.8) is 0 Å². The van der Waals surface area contributed by atoms with Crippen LogP contribution in [0.4, 0.5) is 4.39 Å². The molecule has 2 aromatic rings. The van der Waals surface area contributed by atoms with Crippen LogP contribution in [0.1, 0.15) is 68.2 Å². The Morgan fingerprint density at radius 1 is 1.07 bits per heavy atom. The highest BCUT2D eigenvalue weighted by Gasteiger charge is 2.28. The van der Waals surface area contributed by atoms with E-state index < -0.39 is 0 Å². The molecule has 0 aromatic heterocycles. The Balaban J connectivity index is 1.88. The van der Waals surface area contributed by atoms with Crippen molar-refractivity contribution in [2.45, 2.75) is 65.4 Å². The van der Waals surface area contributed by atoms with Crippen LogP contribution in [-0.2, 0) is 24.2 Å².